The van der Waals surface area contributed by atoms with E-state index in [1.165, 1.54) is 32.1 Å². The van der Waals surface area contributed by atoms with Crippen molar-refractivity contribution in [1.82, 2.24) is 4.90 Å². The van der Waals surface area contributed by atoms with Crippen LogP contribution in [0.1, 0.15) is 37.7 Å². The molecule has 23 heavy (non-hydrogen) atoms. The van der Waals surface area contributed by atoms with Crippen molar-refractivity contribution in [1.29, 1.82) is 0 Å². The summed E-state index contributed by atoms with van der Waals surface area (Å²) in [5.41, 5.74) is 1.02. The molecule has 2 fully saturated rings. The number of rotatable bonds is 7. The molecule has 3 unspecified atom stereocenters. The van der Waals surface area contributed by atoms with Crippen LogP contribution in [0.3, 0.4) is 0 Å². The second-order valence-electron chi connectivity index (χ2n) is 6.88. The fraction of sp³-hybridized carbons (Fsp3) is 0.684. The highest BCUT2D eigenvalue weighted by molar-refractivity contribution is 5.32. The van der Waals surface area contributed by atoms with Gasteiger partial charge in [0.05, 0.1) is 26.4 Å². The molecule has 3 atom stereocenters. The standard InChI is InChI=1S/C19H29NO3/c1-22-19-9-5-3-7-16(19)13-23-14-17(21)12-20-11-10-15-6-2-4-8-18(15)20/h3,5,7,9,15,17-18,21H,2,4,6,8,10-14H2,1H3. The maximum Gasteiger partial charge on any atom is 0.124 e. The first-order chi connectivity index (χ1) is 11.3. The zero-order valence-electron chi connectivity index (χ0n) is 14.1. The summed E-state index contributed by atoms with van der Waals surface area (Å²) in [5, 5.41) is 10.3. The lowest BCUT2D eigenvalue weighted by atomic mass is 9.85. The van der Waals surface area contributed by atoms with Gasteiger partial charge >= 0.3 is 0 Å². The Hall–Kier alpha value is -1.10. The Bertz CT molecular complexity index is 493. The molecule has 0 aromatic heterocycles. The van der Waals surface area contributed by atoms with Crippen LogP contribution >= 0.6 is 0 Å². The van der Waals surface area contributed by atoms with Crippen LogP contribution in [0.5, 0.6) is 5.75 Å². The molecule has 1 aromatic carbocycles. The van der Waals surface area contributed by atoms with Crippen LogP contribution in [0.25, 0.3) is 0 Å². The largest absolute Gasteiger partial charge is 0.496 e. The third-order valence-electron chi connectivity index (χ3n) is 5.33. The fourth-order valence-electron chi connectivity index (χ4n) is 4.18. The summed E-state index contributed by atoms with van der Waals surface area (Å²) >= 11 is 0. The molecule has 4 heteroatoms. The normalized spacial score (nSPS) is 26.0. The summed E-state index contributed by atoms with van der Waals surface area (Å²) in [7, 11) is 1.67. The van der Waals surface area contributed by atoms with E-state index in [4.69, 9.17) is 9.47 Å². The summed E-state index contributed by atoms with van der Waals surface area (Å²) < 4.78 is 11.0. The number of ether oxygens (including phenoxy) is 2. The Morgan fingerprint density at radius 2 is 2.04 bits per heavy atom. The molecule has 0 amide bonds. The molecule has 0 bridgehead atoms. The summed E-state index contributed by atoms with van der Waals surface area (Å²) in [6, 6.07) is 8.56. The molecule has 0 radical (unpaired) electrons. The number of likely N-dealkylation sites (tertiary alicyclic amines) is 1. The van der Waals surface area contributed by atoms with Gasteiger partial charge in [0.15, 0.2) is 0 Å². The molecule has 4 nitrogen and oxygen atoms in total. The van der Waals surface area contributed by atoms with E-state index >= 15 is 0 Å². The lowest BCUT2D eigenvalue weighted by Gasteiger charge is -2.32. The summed E-state index contributed by atoms with van der Waals surface area (Å²) in [6.07, 6.45) is 6.31. The zero-order valence-corrected chi connectivity index (χ0v) is 14.1. The highest BCUT2D eigenvalue weighted by Crippen LogP contribution is 2.36. The number of methoxy groups -OCH3 is 1. The molecule has 2 aliphatic rings. The van der Waals surface area contributed by atoms with Crippen LogP contribution in [-0.4, -0.2) is 49.0 Å². The first-order valence-corrected chi connectivity index (χ1v) is 8.89. The van der Waals surface area contributed by atoms with Gasteiger partial charge in [0, 0.05) is 18.2 Å². The van der Waals surface area contributed by atoms with Crippen molar-refractivity contribution in [3.05, 3.63) is 29.8 Å². The number of nitrogens with zero attached hydrogens (tertiary/aromatic N) is 1. The van der Waals surface area contributed by atoms with E-state index in [1.54, 1.807) is 7.11 Å². The van der Waals surface area contributed by atoms with Crippen molar-refractivity contribution in [2.24, 2.45) is 5.92 Å². The maximum atomic E-state index is 10.3. The quantitative estimate of drug-likeness (QED) is 0.839. The van der Waals surface area contributed by atoms with Gasteiger partial charge in [0.1, 0.15) is 5.75 Å². The minimum Gasteiger partial charge on any atom is -0.496 e. The van der Waals surface area contributed by atoms with Gasteiger partial charge in [-0.2, -0.15) is 0 Å². The van der Waals surface area contributed by atoms with E-state index in [0.717, 1.165) is 30.3 Å². The Morgan fingerprint density at radius 3 is 2.91 bits per heavy atom. The van der Waals surface area contributed by atoms with Gasteiger partial charge in [-0.1, -0.05) is 31.0 Å². The summed E-state index contributed by atoms with van der Waals surface area (Å²) in [4.78, 5) is 2.49. The van der Waals surface area contributed by atoms with Crippen molar-refractivity contribution in [2.75, 3.05) is 26.8 Å². The average Bonchev–Trinajstić information content (AvgIpc) is 2.98. The monoisotopic (exact) mass is 319 g/mol. The average molecular weight is 319 g/mol. The minimum atomic E-state index is -0.412. The van der Waals surface area contributed by atoms with Crippen molar-refractivity contribution in [2.45, 2.75) is 50.9 Å². The molecular formula is C19H29NO3. The number of β-amino-alcohol motifs (C(OH)–C–C–N with tert-alkyl or cyclic N) is 1. The van der Waals surface area contributed by atoms with E-state index in [-0.39, 0.29) is 0 Å². The minimum absolute atomic E-state index is 0.381. The first-order valence-electron chi connectivity index (χ1n) is 8.89. The Morgan fingerprint density at radius 1 is 1.22 bits per heavy atom. The van der Waals surface area contributed by atoms with Crippen molar-refractivity contribution in [3.63, 3.8) is 0 Å². The van der Waals surface area contributed by atoms with Gasteiger partial charge in [-0.05, 0) is 37.8 Å². The van der Waals surface area contributed by atoms with E-state index in [0.29, 0.717) is 19.3 Å². The number of aliphatic hydroxyl groups excluding tert-OH is 1. The van der Waals surface area contributed by atoms with Crippen molar-refractivity contribution in [3.8, 4) is 5.75 Å². The Kier molecular flexibility index (Phi) is 5.92. The fourth-order valence-corrected chi connectivity index (χ4v) is 4.18. The third kappa shape index (κ3) is 4.25. The van der Waals surface area contributed by atoms with Crippen molar-refractivity contribution >= 4 is 0 Å². The summed E-state index contributed by atoms with van der Waals surface area (Å²) in [5.74, 6) is 1.71. The van der Waals surface area contributed by atoms with E-state index in [1.807, 2.05) is 24.3 Å². The molecule has 3 rings (SSSR count). The Labute approximate surface area is 139 Å². The molecule has 1 aliphatic carbocycles. The highest BCUT2D eigenvalue weighted by atomic mass is 16.5. The van der Waals surface area contributed by atoms with E-state index < -0.39 is 6.10 Å². The highest BCUT2D eigenvalue weighted by Gasteiger charge is 2.36. The van der Waals surface area contributed by atoms with Crippen LogP contribution in [0.2, 0.25) is 0 Å². The van der Waals surface area contributed by atoms with Gasteiger partial charge in [-0.25, -0.2) is 0 Å². The molecule has 128 valence electrons. The zero-order chi connectivity index (χ0) is 16.1. The van der Waals surface area contributed by atoms with E-state index in [2.05, 4.69) is 4.90 Å². The number of hydrogen-bond acceptors (Lipinski definition) is 4. The number of fused-ring (bicyclic) bond motifs is 1. The molecule has 1 saturated carbocycles. The number of benzene rings is 1. The smallest absolute Gasteiger partial charge is 0.124 e. The predicted molar refractivity (Wildman–Crippen MR) is 90.6 cm³/mol. The third-order valence-corrected chi connectivity index (χ3v) is 5.33. The lowest BCUT2D eigenvalue weighted by molar-refractivity contribution is 0.00387. The van der Waals surface area contributed by atoms with E-state index in [9.17, 15) is 5.11 Å². The van der Waals surface area contributed by atoms with Gasteiger partial charge in [-0.3, -0.25) is 4.90 Å². The van der Waals surface area contributed by atoms with Gasteiger partial charge < -0.3 is 14.6 Å². The molecule has 1 N–H and O–H groups in total. The second kappa shape index (κ2) is 8.13. The summed E-state index contributed by atoms with van der Waals surface area (Å²) in [6.45, 7) is 2.74. The van der Waals surface area contributed by atoms with Crippen LogP contribution in [0.15, 0.2) is 24.3 Å². The second-order valence-corrected chi connectivity index (χ2v) is 6.88. The van der Waals surface area contributed by atoms with Crippen LogP contribution in [-0.2, 0) is 11.3 Å². The van der Waals surface area contributed by atoms with Crippen molar-refractivity contribution < 1.29 is 14.6 Å². The van der Waals surface area contributed by atoms with Gasteiger partial charge in [-0.15, -0.1) is 0 Å². The molecule has 1 aliphatic heterocycles. The maximum absolute atomic E-state index is 10.3. The first kappa shape index (κ1) is 16.7. The number of aliphatic hydroxyl groups is 1. The number of para-hydroxylation sites is 1. The SMILES string of the molecule is COc1ccccc1COCC(O)CN1CCC2CCCCC21. The Balaban J connectivity index is 1.42. The van der Waals surface area contributed by atoms with Gasteiger partial charge in [0.2, 0.25) is 0 Å². The molecular weight excluding hydrogens is 290 g/mol. The molecule has 0 spiro atoms. The molecule has 1 saturated heterocycles. The van der Waals surface area contributed by atoms with Crippen LogP contribution in [0.4, 0.5) is 0 Å². The predicted octanol–water partition coefficient (Wildman–Crippen LogP) is 2.84. The van der Waals surface area contributed by atoms with Gasteiger partial charge in [0.25, 0.3) is 0 Å². The molecule has 1 heterocycles. The number of hydrogen-bond donors (Lipinski definition) is 1. The lowest BCUT2D eigenvalue weighted by Crippen LogP contribution is -2.40. The van der Waals surface area contributed by atoms with Crippen LogP contribution < -0.4 is 4.74 Å². The van der Waals surface area contributed by atoms with Crippen LogP contribution in [0, 0.1) is 5.92 Å². The topological polar surface area (TPSA) is 41.9 Å². The molecule has 1 aromatic rings.